The highest BCUT2D eigenvalue weighted by molar-refractivity contribution is 7.18. The predicted octanol–water partition coefficient (Wildman–Crippen LogP) is 4.74. The summed E-state index contributed by atoms with van der Waals surface area (Å²) in [7, 11) is 1.61. The Morgan fingerprint density at radius 3 is 2.80 bits per heavy atom. The van der Waals surface area contributed by atoms with E-state index >= 15 is 0 Å². The lowest BCUT2D eigenvalue weighted by molar-refractivity contribution is 0.397. The first kappa shape index (κ1) is 16.0. The maximum Gasteiger partial charge on any atom is 0.212 e. The van der Waals surface area contributed by atoms with Crippen molar-refractivity contribution in [3.8, 4) is 16.3 Å². The summed E-state index contributed by atoms with van der Waals surface area (Å²) in [4.78, 5) is 15.7. The molecule has 0 saturated carbocycles. The van der Waals surface area contributed by atoms with E-state index in [0.717, 1.165) is 27.4 Å². The molecular formula is C18H16N4OS2. The number of anilines is 1. The Morgan fingerprint density at radius 1 is 1.16 bits per heavy atom. The number of pyridine rings is 1. The molecule has 0 spiro atoms. The van der Waals surface area contributed by atoms with Crippen molar-refractivity contribution in [2.45, 2.75) is 13.5 Å². The third-order valence-electron chi connectivity index (χ3n) is 3.80. The summed E-state index contributed by atoms with van der Waals surface area (Å²) in [5, 5.41) is 8.78. The molecule has 25 heavy (non-hydrogen) atoms. The van der Waals surface area contributed by atoms with E-state index in [2.05, 4.69) is 43.2 Å². The Hall–Kier alpha value is -2.51. The molecule has 0 atom stereocenters. The van der Waals surface area contributed by atoms with Crippen LogP contribution in [0.25, 0.3) is 20.7 Å². The molecule has 0 radical (unpaired) electrons. The van der Waals surface area contributed by atoms with Gasteiger partial charge in [0.2, 0.25) is 5.88 Å². The largest absolute Gasteiger partial charge is 0.481 e. The molecule has 0 aliphatic heterocycles. The lowest BCUT2D eigenvalue weighted by atomic mass is 10.2. The van der Waals surface area contributed by atoms with Gasteiger partial charge in [0.25, 0.3) is 0 Å². The second-order valence-corrected chi connectivity index (χ2v) is 7.29. The number of fused-ring (bicyclic) bond motifs is 1. The third kappa shape index (κ3) is 3.20. The molecule has 4 rings (SSSR count). The molecule has 126 valence electrons. The van der Waals surface area contributed by atoms with Gasteiger partial charge in [0, 0.05) is 34.6 Å². The first-order valence-electron chi connectivity index (χ1n) is 7.77. The van der Waals surface area contributed by atoms with Gasteiger partial charge in [0.15, 0.2) is 0 Å². The minimum absolute atomic E-state index is 0.613. The van der Waals surface area contributed by atoms with Crippen LogP contribution in [0.2, 0.25) is 0 Å². The standard InChI is InChI=1S/C18H16N4OS2/c1-11-21-17(20-9-12-5-6-15(23-2)19-8-12)16-13(10-25-18(16)22-11)14-4-3-7-24-14/h3-8,10H,9H2,1-2H3,(H,20,21,22). The van der Waals surface area contributed by atoms with Gasteiger partial charge in [-0.2, -0.15) is 0 Å². The van der Waals surface area contributed by atoms with Crippen LogP contribution < -0.4 is 10.1 Å². The number of thiophene rings is 2. The topological polar surface area (TPSA) is 59.9 Å². The van der Waals surface area contributed by atoms with Crippen LogP contribution in [0.4, 0.5) is 5.82 Å². The summed E-state index contributed by atoms with van der Waals surface area (Å²) < 4.78 is 5.10. The average Bonchev–Trinajstić information content (AvgIpc) is 3.29. The summed E-state index contributed by atoms with van der Waals surface area (Å²) in [5.74, 6) is 2.24. The van der Waals surface area contributed by atoms with Crippen LogP contribution in [-0.4, -0.2) is 22.1 Å². The highest BCUT2D eigenvalue weighted by atomic mass is 32.1. The van der Waals surface area contributed by atoms with Crippen molar-refractivity contribution in [2.24, 2.45) is 0 Å². The van der Waals surface area contributed by atoms with Crippen molar-refractivity contribution >= 4 is 38.7 Å². The maximum absolute atomic E-state index is 5.10. The third-order valence-corrected chi connectivity index (χ3v) is 5.57. The first-order valence-corrected chi connectivity index (χ1v) is 9.53. The van der Waals surface area contributed by atoms with Crippen LogP contribution in [0.3, 0.4) is 0 Å². The number of aryl methyl sites for hydroxylation is 1. The minimum Gasteiger partial charge on any atom is -0.481 e. The van der Waals surface area contributed by atoms with E-state index in [1.165, 1.54) is 10.4 Å². The number of aromatic nitrogens is 3. The molecule has 4 heterocycles. The van der Waals surface area contributed by atoms with Crippen LogP contribution in [0, 0.1) is 6.92 Å². The number of nitrogens with zero attached hydrogens (tertiary/aromatic N) is 3. The van der Waals surface area contributed by atoms with Crippen LogP contribution in [-0.2, 0) is 6.54 Å². The van der Waals surface area contributed by atoms with Gasteiger partial charge in [0.05, 0.1) is 12.5 Å². The second-order valence-electron chi connectivity index (χ2n) is 5.49. The van der Waals surface area contributed by atoms with Gasteiger partial charge < -0.3 is 10.1 Å². The fourth-order valence-electron chi connectivity index (χ4n) is 2.61. The number of hydrogen-bond acceptors (Lipinski definition) is 7. The van der Waals surface area contributed by atoms with Crippen molar-refractivity contribution in [3.63, 3.8) is 0 Å². The van der Waals surface area contributed by atoms with Gasteiger partial charge in [-0.25, -0.2) is 15.0 Å². The quantitative estimate of drug-likeness (QED) is 0.551. The first-order chi connectivity index (χ1) is 12.2. The molecule has 5 nitrogen and oxygen atoms in total. The molecule has 0 amide bonds. The molecule has 0 bridgehead atoms. The average molecular weight is 368 g/mol. The van der Waals surface area contributed by atoms with Crippen LogP contribution in [0.5, 0.6) is 5.88 Å². The van der Waals surface area contributed by atoms with Gasteiger partial charge in [-0.3, -0.25) is 0 Å². The van der Waals surface area contributed by atoms with Gasteiger partial charge in [0.1, 0.15) is 16.5 Å². The van der Waals surface area contributed by atoms with E-state index in [9.17, 15) is 0 Å². The summed E-state index contributed by atoms with van der Waals surface area (Å²) in [5.41, 5.74) is 2.25. The van der Waals surface area contributed by atoms with Crippen molar-refractivity contribution in [2.75, 3.05) is 12.4 Å². The van der Waals surface area contributed by atoms with Gasteiger partial charge in [-0.15, -0.1) is 22.7 Å². The molecule has 0 saturated heterocycles. The van der Waals surface area contributed by atoms with Gasteiger partial charge in [-0.1, -0.05) is 12.1 Å². The highest BCUT2D eigenvalue weighted by Gasteiger charge is 2.15. The van der Waals surface area contributed by atoms with E-state index in [1.807, 2.05) is 25.3 Å². The maximum atomic E-state index is 5.10. The molecule has 0 aliphatic carbocycles. The van der Waals surface area contributed by atoms with E-state index in [-0.39, 0.29) is 0 Å². The van der Waals surface area contributed by atoms with Gasteiger partial charge >= 0.3 is 0 Å². The fourth-order valence-corrected chi connectivity index (χ4v) is 4.42. The van der Waals surface area contributed by atoms with Crippen molar-refractivity contribution in [3.05, 3.63) is 52.6 Å². The molecule has 7 heteroatoms. The molecule has 0 fully saturated rings. The van der Waals surface area contributed by atoms with E-state index in [4.69, 9.17) is 4.74 Å². The monoisotopic (exact) mass is 368 g/mol. The Morgan fingerprint density at radius 2 is 2.08 bits per heavy atom. The zero-order valence-corrected chi connectivity index (χ0v) is 15.4. The van der Waals surface area contributed by atoms with Crippen molar-refractivity contribution < 1.29 is 4.74 Å². The Labute approximate surface area is 153 Å². The highest BCUT2D eigenvalue weighted by Crippen LogP contribution is 2.38. The molecule has 0 aromatic carbocycles. The Bertz CT molecular complexity index is 994. The number of nitrogens with one attached hydrogen (secondary N) is 1. The van der Waals surface area contributed by atoms with E-state index < -0.39 is 0 Å². The van der Waals surface area contributed by atoms with Crippen LogP contribution >= 0.6 is 22.7 Å². The minimum atomic E-state index is 0.613. The van der Waals surface area contributed by atoms with Gasteiger partial charge in [-0.05, 0) is 23.9 Å². The summed E-state index contributed by atoms with van der Waals surface area (Å²) >= 11 is 3.38. The van der Waals surface area contributed by atoms with Crippen molar-refractivity contribution in [1.29, 1.82) is 0 Å². The number of ether oxygens (including phenoxy) is 1. The SMILES string of the molecule is COc1ccc(CNc2nc(C)nc3scc(-c4cccs4)c23)cn1. The molecule has 1 N–H and O–H groups in total. The molecule has 0 unspecified atom stereocenters. The fraction of sp³-hybridized carbons (Fsp3) is 0.167. The second kappa shape index (κ2) is 6.78. The normalized spacial score (nSPS) is 11.0. The number of hydrogen-bond donors (Lipinski definition) is 1. The zero-order chi connectivity index (χ0) is 17.2. The molecule has 4 aromatic rings. The van der Waals surface area contributed by atoms with Crippen LogP contribution in [0.1, 0.15) is 11.4 Å². The predicted molar refractivity (Wildman–Crippen MR) is 104 cm³/mol. The Balaban J connectivity index is 1.69. The van der Waals surface area contributed by atoms with E-state index in [0.29, 0.717) is 12.4 Å². The lowest BCUT2D eigenvalue weighted by Gasteiger charge is -2.09. The van der Waals surface area contributed by atoms with Crippen molar-refractivity contribution in [1.82, 2.24) is 15.0 Å². The zero-order valence-electron chi connectivity index (χ0n) is 13.8. The van der Waals surface area contributed by atoms with Crippen LogP contribution in [0.15, 0.2) is 41.2 Å². The van der Waals surface area contributed by atoms with E-state index in [1.54, 1.807) is 29.8 Å². The smallest absolute Gasteiger partial charge is 0.212 e. The Kier molecular flexibility index (Phi) is 4.33. The lowest BCUT2D eigenvalue weighted by Crippen LogP contribution is -2.04. The summed E-state index contributed by atoms with van der Waals surface area (Å²) in [6, 6.07) is 8.05. The molecule has 0 aliphatic rings. The number of rotatable bonds is 5. The number of methoxy groups -OCH3 is 1. The summed E-state index contributed by atoms with van der Waals surface area (Å²) in [6.07, 6.45) is 1.81. The molecule has 4 aromatic heterocycles. The molecular weight excluding hydrogens is 352 g/mol. The summed E-state index contributed by atoms with van der Waals surface area (Å²) in [6.45, 7) is 2.56.